The Kier molecular flexibility index (Phi) is 8.44. The number of anilines is 1. The monoisotopic (exact) mass is 499 g/mol. The summed E-state index contributed by atoms with van der Waals surface area (Å²) in [4.78, 5) is 31.8. The molecule has 2 heterocycles. The van der Waals surface area contributed by atoms with Gasteiger partial charge in [-0.15, -0.1) is 0 Å². The molecule has 0 aromatic heterocycles. The highest BCUT2D eigenvalue weighted by Crippen LogP contribution is 2.33. The SMILES string of the molecule is CN1CCN(c2ccc(CCC(=O)[C@H](O)[C@@H](O)C(=O)N3CCCC3c3cccc(Cl)c3)cc2)CC1. The van der Waals surface area contributed by atoms with Crippen LogP contribution in [0.3, 0.4) is 0 Å². The molecule has 2 aromatic rings. The molecule has 1 amide bonds. The number of likely N-dealkylation sites (N-methyl/N-ethyl adjacent to an activating group) is 1. The zero-order chi connectivity index (χ0) is 24.9. The Morgan fingerprint density at radius 3 is 2.40 bits per heavy atom. The third-order valence-electron chi connectivity index (χ3n) is 7.12. The number of carbonyl (C=O) groups is 2. The summed E-state index contributed by atoms with van der Waals surface area (Å²) in [5, 5.41) is 21.6. The summed E-state index contributed by atoms with van der Waals surface area (Å²) in [6.45, 7) is 4.51. The van der Waals surface area contributed by atoms with E-state index in [1.807, 2.05) is 24.3 Å². The van der Waals surface area contributed by atoms with E-state index in [1.165, 1.54) is 0 Å². The van der Waals surface area contributed by atoms with Gasteiger partial charge in [0.15, 0.2) is 11.9 Å². The van der Waals surface area contributed by atoms with Gasteiger partial charge in [-0.05, 0) is 61.7 Å². The highest BCUT2D eigenvalue weighted by molar-refractivity contribution is 6.30. The van der Waals surface area contributed by atoms with Crippen LogP contribution in [0, 0.1) is 0 Å². The minimum absolute atomic E-state index is 0.0527. The molecule has 8 heteroatoms. The first-order valence-corrected chi connectivity index (χ1v) is 12.7. The fourth-order valence-corrected chi connectivity index (χ4v) is 5.12. The number of aliphatic hydroxyl groups excluding tert-OH is 2. The van der Waals surface area contributed by atoms with Gasteiger partial charge in [0.2, 0.25) is 0 Å². The van der Waals surface area contributed by atoms with Gasteiger partial charge in [0.25, 0.3) is 5.91 Å². The number of carbonyl (C=O) groups excluding carboxylic acids is 2. The number of hydrogen-bond donors (Lipinski definition) is 2. The first kappa shape index (κ1) is 25.6. The topological polar surface area (TPSA) is 84.3 Å². The molecule has 35 heavy (non-hydrogen) atoms. The van der Waals surface area contributed by atoms with Crippen molar-refractivity contribution in [3.05, 3.63) is 64.7 Å². The second-order valence-corrected chi connectivity index (χ2v) is 9.99. The van der Waals surface area contributed by atoms with Gasteiger partial charge in [-0.3, -0.25) is 9.59 Å². The van der Waals surface area contributed by atoms with Crippen molar-refractivity contribution >= 4 is 29.0 Å². The quantitative estimate of drug-likeness (QED) is 0.581. The lowest BCUT2D eigenvalue weighted by Gasteiger charge is -2.34. The predicted molar refractivity (Wildman–Crippen MR) is 137 cm³/mol. The van der Waals surface area contributed by atoms with Gasteiger partial charge in [-0.25, -0.2) is 0 Å². The molecule has 0 radical (unpaired) electrons. The van der Waals surface area contributed by atoms with Crippen molar-refractivity contribution in [1.82, 2.24) is 9.80 Å². The molecule has 2 fully saturated rings. The van der Waals surface area contributed by atoms with Crippen LogP contribution < -0.4 is 4.90 Å². The summed E-state index contributed by atoms with van der Waals surface area (Å²) in [6, 6.07) is 15.2. The number of amides is 1. The third kappa shape index (κ3) is 6.22. The minimum Gasteiger partial charge on any atom is -0.382 e. The first-order valence-electron chi connectivity index (χ1n) is 12.3. The lowest BCUT2D eigenvalue weighted by molar-refractivity contribution is -0.153. The van der Waals surface area contributed by atoms with Gasteiger partial charge in [0.05, 0.1) is 6.04 Å². The van der Waals surface area contributed by atoms with Crippen molar-refractivity contribution in [1.29, 1.82) is 0 Å². The molecule has 7 nitrogen and oxygen atoms in total. The van der Waals surface area contributed by atoms with Crippen molar-refractivity contribution < 1.29 is 19.8 Å². The van der Waals surface area contributed by atoms with Gasteiger partial charge >= 0.3 is 0 Å². The summed E-state index contributed by atoms with van der Waals surface area (Å²) in [7, 11) is 2.12. The normalized spacial score (nSPS) is 20.6. The molecule has 2 saturated heterocycles. The van der Waals surface area contributed by atoms with E-state index in [4.69, 9.17) is 11.6 Å². The molecule has 0 saturated carbocycles. The molecule has 188 valence electrons. The summed E-state index contributed by atoms with van der Waals surface area (Å²) in [6.07, 6.45) is -1.50. The Bertz CT molecular complexity index is 1020. The van der Waals surface area contributed by atoms with Crippen LogP contribution in [0.1, 0.15) is 36.4 Å². The van der Waals surface area contributed by atoms with Crippen molar-refractivity contribution in [3.63, 3.8) is 0 Å². The van der Waals surface area contributed by atoms with Crippen LogP contribution in [0.2, 0.25) is 5.02 Å². The molecule has 3 atom stereocenters. The lowest BCUT2D eigenvalue weighted by atomic mass is 10.00. The lowest BCUT2D eigenvalue weighted by Crippen LogP contribution is -2.47. The van der Waals surface area contributed by atoms with Crippen LogP contribution in [0.15, 0.2) is 48.5 Å². The van der Waals surface area contributed by atoms with E-state index in [0.29, 0.717) is 18.0 Å². The second-order valence-electron chi connectivity index (χ2n) is 9.56. The van der Waals surface area contributed by atoms with E-state index in [0.717, 1.165) is 55.8 Å². The number of benzene rings is 2. The van der Waals surface area contributed by atoms with E-state index in [9.17, 15) is 19.8 Å². The van der Waals surface area contributed by atoms with E-state index >= 15 is 0 Å². The fraction of sp³-hybridized carbons (Fsp3) is 0.481. The number of halogens is 1. The number of aryl methyl sites for hydroxylation is 1. The average Bonchev–Trinajstić information content (AvgIpc) is 3.37. The fourth-order valence-electron chi connectivity index (χ4n) is 4.93. The molecule has 2 aliphatic heterocycles. The molecule has 2 aromatic carbocycles. The number of hydrogen-bond acceptors (Lipinski definition) is 6. The maximum atomic E-state index is 13.0. The summed E-state index contributed by atoms with van der Waals surface area (Å²) in [5.74, 6) is -1.16. The maximum absolute atomic E-state index is 13.0. The molecule has 4 rings (SSSR count). The molecular weight excluding hydrogens is 466 g/mol. The van der Waals surface area contributed by atoms with Crippen molar-refractivity contribution in [2.75, 3.05) is 44.7 Å². The Hall–Kier alpha value is -2.45. The number of Topliss-reactive ketones (excluding diaryl/α,β-unsaturated/α-hetero) is 1. The van der Waals surface area contributed by atoms with Gasteiger partial charge in [-0.1, -0.05) is 35.9 Å². The second kappa shape index (κ2) is 11.5. The first-order chi connectivity index (χ1) is 16.8. The molecule has 1 unspecified atom stereocenters. The van der Waals surface area contributed by atoms with Gasteiger partial charge < -0.3 is 24.9 Å². The van der Waals surface area contributed by atoms with Gasteiger partial charge in [0, 0.05) is 49.9 Å². The highest BCUT2D eigenvalue weighted by Gasteiger charge is 2.38. The summed E-state index contributed by atoms with van der Waals surface area (Å²) >= 11 is 6.10. The number of rotatable bonds is 8. The number of ketones is 1. The number of aliphatic hydroxyl groups is 2. The smallest absolute Gasteiger partial charge is 0.255 e. The molecule has 2 N–H and O–H groups in total. The maximum Gasteiger partial charge on any atom is 0.255 e. The van der Waals surface area contributed by atoms with Crippen LogP contribution in [0.25, 0.3) is 0 Å². The van der Waals surface area contributed by atoms with E-state index < -0.39 is 23.9 Å². The van der Waals surface area contributed by atoms with Crippen LogP contribution in [0.4, 0.5) is 5.69 Å². The Morgan fingerprint density at radius 2 is 1.71 bits per heavy atom. The van der Waals surface area contributed by atoms with Crippen LogP contribution in [0.5, 0.6) is 0 Å². The van der Waals surface area contributed by atoms with E-state index in [-0.39, 0.29) is 12.5 Å². The zero-order valence-corrected chi connectivity index (χ0v) is 20.9. The Labute approximate surface area is 211 Å². The Balaban J connectivity index is 1.30. The van der Waals surface area contributed by atoms with Crippen LogP contribution in [-0.4, -0.2) is 83.7 Å². The zero-order valence-electron chi connectivity index (χ0n) is 20.1. The number of likely N-dealkylation sites (tertiary alicyclic amines) is 1. The van der Waals surface area contributed by atoms with Gasteiger partial charge in [0.1, 0.15) is 6.10 Å². The molecule has 0 aliphatic carbocycles. The van der Waals surface area contributed by atoms with Crippen molar-refractivity contribution in [3.8, 4) is 0 Å². The number of piperazine rings is 1. The number of nitrogens with zero attached hydrogens (tertiary/aromatic N) is 3. The van der Waals surface area contributed by atoms with Gasteiger partial charge in [-0.2, -0.15) is 0 Å². The van der Waals surface area contributed by atoms with Crippen molar-refractivity contribution in [2.45, 2.75) is 43.9 Å². The molecule has 2 aliphatic rings. The minimum atomic E-state index is -1.78. The summed E-state index contributed by atoms with van der Waals surface area (Å²) in [5.41, 5.74) is 3.02. The highest BCUT2D eigenvalue weighted by atomic mass is 35.5. The molecular formula is C27H34ClN3O4. The Morgan fingerprint density at radius 1 is 1.00 bits per heavy atom. The molecule has 0 bridgehead atoms. The van der Waals surface area contributed by atoms with Crippen LogP contribution in [-0.2, 0) is 16.0 Å². The standard InChI is InChI=1S/C27H34ClN3O4/c1-29-14-16-30(17-15-29)22-10-7-19(8-11-22)9-12-24(32)25(33)26(34)27(35)31-13-3-6-23(31)20-4-2-5-21(28)18-20/h2,4-5,7-8,10-11,18,23,25-26,33-34H,3,6,9,12-17H2,1H3/t23?,25-,26+/m0/s1. The largest absolute Gasteiger partial charge is 0.382 e. The third-order valence-corrected chi connectivity index (χ3v) is 7.35. The van der Waals surface area contributed by atoms with Crippen LogP contribution >= 0.6 is 11.6 Å². The van der Waals surface area contributed by atoms with E-state index in [2.05, 4.69) is 29.0 Å². The summed E-state index contributed by atoms with van der Waals surface area (Å²) < 4.78 is 0. The van der Waals surface area contributed by atoms with E-state index in [1.54, 1.807) is 17.0 Å². The predicted octanol–water partition coefficient (Wildman–Crippen LogP) is 2.68. The van der Waals surface area contributed by atoms with Crippen molar-refractivity contribution in [2.24, 2.45) is 0 Å². The average molecular weight is 500 g/mol. The molecule has 0 spiro atoms.